The Morgan fingerprint density at radius 1 is 1.17 bits per heavy atom. The first-order valence-electron chi connectivity index (χ1n) is 9.70. The molecular formula is C24H22BrN3O2. The highest BCUT2D eigenvalue weighted by molar-refractivity contribution is 9.10. The molecule has 0 aliphatic heterocycles. The molecule has 0 atom stereocenters. The summed E-state index contributed by atoms with van der Waals surface area (Å²) in [4.78, 5) is 16.7. The Kier molecular flexibility index (Phi) is 5.86. The van der Waals surface area contributed by atoms with Crippen molar-refractivity contribution in [3.63, 3.8) is 0 Å². The van der Waals surface area contributed by atoms with E-state index in [4.69, 9.17) is 4.74 Å². The van der Waals surface area contributed by atoms with Gasteiger partial charge in [0.2, 0.25) is 5.91 Å². The molecule has 2 aromatic carbocycles. The maximum Gasteiger partial charge on any atom is 0.244 e. The lowest BCUT2D eigenvalue weighted by Crippen LogP contribution is -2.25. The van der Waals surface area contributed by atoms with Gasteiger partial charge in [0.05, 0.1) is 23.8 Å². The van der Waals surface area contributed by atoms with E-state index in [0.717, 1.165) is 43.3 Å². The van der Waals surface area contributed by atoms with Crippen LogP contribution in [0.4, 0.5) is 0 Å². The van der Waals surface area contributed by atoms with E-state index in [1.54, 1.807) is 19.3 Å². The van der Waals surface area contributed by atoms with Crippen molar-refractivity contribution < 1.29 is 9.53 Å². The molecule has 30 heavy (non-hydrogen) atoms. The maximum atomic E-state index is 12.3. The maximum absolute atomic E-state index is 12.3. The number of halogens is 1. The summed E-state index contributed by atoms with van der Waals surface area (Å²) in [6.45, 7) is 3.15. The SMILES string of the molecule is COc1ccc2c3ccnc(C)c3n(CCNC(=O)/C=C/c3ccc(Br)cc3)c2c1. The highest BCUT2D eigenvalue weighted by Crippen LogP contribution is 2.32. The van der Waals surface area contributed by atoms with Crippen LogP contribution in [-0.2, 0) is 11.3 Å². The van der Waals surface area contributed by atoms with Crippen LogP contribution in [0.3, 0.4) is 0 Å². The van der Waals surface area contributed by atoms with Crippen molar-refractivity contribution in [2.45, 2.75) is 13.5 Å². The van der Waals surface area contributed by atoms with Crippen LogP contribution in [0.15, 0.2) is 65.3 Å². The zero-order chi connectivity index (χ0) is 21.1. The second-order valence-corrected chi connectivity index (χ2v) is 7.92. The predicted molar refractivity (Wildman–Crippen MR) is 125 cm³/mol. The Balaban J connectivity index is 1.54. The number of aromatic nitrogens is 2. The lowest BCUT2D eigenvalue weighted by Gasteiger charge is -2.10. The minimum atomic E-state index is -0.119. The van der Waals surface area contributed by atoms with E-state index in [9.17, 15) is 4.79 Å². The molecule has 4 aromatic rings. The largest absolute Gasteiger partial charge is 0.497 e. The first kappa shape index (κ1) is 20.2. The van der Waals surface area contributed by atoms with Gasteiger partial charge in [0.25, 0.3) is 0 Å². The molecule has 0 spiro atoms. The number of ether oxygens (including phenoxy) is 1. The van der Waals surface area contributed by atoms with Crippen LogP contribution in [0.1, 0.15) is 11.3 Å². The average Bonchev–Trinajstić information content (AvgIpc) is 3.07. The zero-order valence-electron chi connectivity index (χ0n) is 16.9. The van der Waals surface area contributed by atoms with E-state index in [1.165, 1.54) is 0 Å². The summed E-state index contributed by atoms with van der Waals surface area (Å²) in [5.74, 6) is 0.685. The summed E-state index contributed by atoms with van der Waals surface area (Å²) in [7, 11) is 1.67. The minimum Gasteiger partial charge on any atom is -0.497 e. The van der Waals surface area contributed by atoms with Crippen molar-refractivity contribution in [1.29, 1.82) is 0 Å². The third-order valence-electron chi connectivity index (χ3n) is 5.09. The second-order valence-electron chi connectivity index (χ2n) is 7.00. The van der Waals surface area contributed by atoms with E-state index in [1.807, 2.05) is 55.6 Å². The number of nitrogens with zero attached hydrogens (tertiary/aromatic N) is 2. The molecule has 0 saturated carbocycles. The van der Waals surface area contributed by atoms with Gasteiger partial charge in [-0.15, -0.1) is 0 Å². The molecule has 0 bridgehead atoms. The Morgan fingerprint density at radius 3 is 2.73 bits per heavy atom. The summed E-state index contributed by atoms with van der Waals surface area (Å²) in [5.41, 5.74) is 4.09. The number of nitrogens with one attached hydrogen (secondary N) is 1. The standard InChI is InChI=1S/C24H22BrN3O2/c1-16-24-21(11-12-26-16)20-9-8-19(30-2)15-22(20)28(24)14-13-27-23(29)10-5-17-3-6-18(25)7-4-17/h3-12,15H,13-14H2,1-2H3,(H,27,29)/b10-5+. The molecule has 2 aromatic heterocycles. The van der Waals surface area contributed by atoms with Crippen molar-refractivity contribution in [2.75, 3.05) is 13.7 Å². The number of fused-ring (bicyclic) bond motifs is 3. The van der Waals surface area contributed by atoms with Crippen LogP contribution in [0, 0.1) is 6.92 Å². The summed E-state index contributed by atoms with van der Waals surface area (Å²) >= 11 is 3.41. The Hall–Kier alpha value is -3.12. The fraction of sp³-hybridized carbons (Fsp3) is 0.167. The third-order valence-corrected chi connectivity index (χ3v) is 5.62. The van der Waals surface area contributed by atoms with Crippen molar-refractivity contribution in [2.24, 2.45) is 0 Å². The normalized spacial score (nSPS) is 11.4. The van der Waals surface area contributed by atoms with Gasteiger partial charge < -0.3 is 14.6 Å². The van der Waals surface area contributed by atoms with E-state index >= 15 is 0 Å². The van der Waals surface area contributed by atoms with Crippen molar-refractivity contribution >= 4 is 49.7 Å². The van der Waals surface area contributed by atoms with Crippen LogP contribution in [0.25, 0.3) is 27.9 Å². The van der Waals surface area contributed by atoms with Gasteiger partial charge in [-0.2, -0.15) is 0 Å². The lowest BCUT2D eigenvalue weighted by molar-refractivity contribution is -0.116. The number of amides is 1. The van der Waals surface area contributed by atoms with Gasteiger partial charge in [0.15, 0.2) is 0 Å². The first-order valence-corrected chi connectivity index (χ1v) is 10.5. The van der Waals surface area contributed by atoms with E-state index < -0.39 is 0 Å². The molecule has 0 radical (unpaired) electrons. The molecule has 4 rings (SSSR count). The van der Waals surface area contributed by atoms with Crippen LogP contribution in [0.2, 0.25) is 0 Å². The van der Waals surface area contributed by atoms with E-state index in [2.05, 4.69) is 36.9 Å². The summed E-state index contributed by atoms with van der Waals surface area (Å²) in [6.07, 6.45) is 5.20. The second kappa shape index (κ2) is 8.71. The number of benzene rings is 2. The topological polar surface area (TPSA) is 56.1 Å². The number of carbonyl (C=O) groups is 1. The fourth-order valence-electron chi connectivity index (χ4n) is 3.65. The van der Waals surface area contributed by atoms with Gasteiger partial charge in [0, 0.05) is 46.7 Å². The number of hydrogen-bond donors (Lipinski definition) is 1. The molecule has 0 fully saturated rings. The molecule has 1 N–H and O–H groups in total. The van der Waals surface area contributed by atoms with E-state index in [0.29, 0.717) is 13.1 Å². The Bertz CT molecular complexity index is 1240. The number of aryl methyl sites for hydroxylation is 1. The smallest absolute Gasteiger partial charge is 0.244 e. The van der Waals surface area contributed by atoms with Crippen LogP contribution in [-0.4, -0.2) is 29.1 Å². The number of methoxy groups -OCH3 is 1. The van der Waals surface area contributed by atoms with Gasteiger partial charge in [-0.3, -0.25) is 9.78 Å². The summed E-state index contributed by atoms with van der Waals surface area (Å²) in [5, 5.41) is 5.28. The highest BCUT2D eigenvalue weighted by Gasteiger charge is 2.13. The van der Waals surface area contributed by atoms with Crippen LogP contribution in [0.5, 0.6) is 5.75 Å². The van der Waals surface area contributed by atoms with Gasteiger partial charge in [0.1, 0.15) is 5.75 Å². The van der Waals surface area contributed by atoms with Crippen molar-refractivity contribution in [1.82, 2.24) is 14.9 Å². The van der Waals surface area contributed by atoms with Crippen LogP contribution < -0.4 is 10.1 Å². The predicted octanol–water partition coefficient (Wildman–Crippen LogP) is 5.10. The number of carbonyl (C=O) groups excluding carboxylic acids is 1. The average molecular weight is 464 g/mol. The molecule has 0 saturated heterocycles. The summed E-state index contributed by atoms with van der Waals surface area (Å²) in [6, 6.07) is 15.9. The van der Waals surface area contributed by atoms with Gasteiger partial charge >= 0.3 is 0 Å². The Labute approximate surface area is 183 Å². The molecule has 5 nitrogen and oxygen atoms in total. The first-order chi connectivity index (χ1) is 14.6. The number of pyridine rings is 1. The highest BCUT2D eigenvalue weighted by atomic mass is 79.9. The monoisotopic (exact) mass is 463 g/mol. The van der Waals surface area contributed by atoms with Crippen molar-refractivity contribution in [3.05, 3.63) is 76.5 Å². The van der Waals surface area contributed by atoms with Crippen LogP contribution >= 0.6 is 15.9 Å². The molecule has 1 amide bonds. The molecule has 2 heterocycles. The molecule has 152 valence electrons. The fourth-order valence-corrected chi connectivity index (χ4v) is 3.92. The van der Waals surface area contributed by atoms with Crippen molar-refractivity contribution in [3.8, 4) is 5.75 Å². The van der Waals surface area contributed by atoms with Gasteiger partial charge in [-0.1, -0.05) is 28.1 Å². The minimum absolute atomic E-state index is 0.119. The van der Waals surface area contributed by atoms with Gasteiger partial charge in [-0.25, -0.2) is 0 Å². The Morgan fingerprint density at radius 2 is 1.97 bits per heavy atom. The molecular weight excluding hydrogens is 442 g/mol. The van der Waals surface area contributed by atoms with E-state index in [-0.39, 0.29) is 5.91 Å². The lowest BCUT2D eigenvalue weighted by atomic mass is 10.1. The van der Waals surface area contributed by atoms with Gasteiger partial charge in [-0.05, 0) is 48.9 Å². The third kappa shape index (κ3) is 4.09. The number of rotatable bonds is 6. The summed E-state index contributed by atoms with van der Waals surface area (Å²) < 4.78 is 8.63. The molecule has 0 unspecified atom stereocenters. The molecule has 6 heteroatoms. The molecule has 0 aliphatic rings. The molecule has 0 aliphatic carbocycles. The number of hydrogen-bond acceptors (Lipinski definition) is 3. The zero-order valence-corrected chi connectivity index (χ0v) is 18.4. The quantitative estimate of drug-likeness (QED) is 0.404.